The van der Waals surface area contributed by atoms with Gasteiger partial charge in [0.05, 0.1) is 11.0 Å². The van der Waals surface area contributed by atoms with Crippen LogP contribution in [0.15, 0.2) is 115 Å². The maximum Gasteiger partial charge on any atom is 0.0588 e. The van der Waals surface area contributed by atoms with Crippen molar-refractivity contribution in [3.8, 4) is 16.8 Å². The Labute approximate surface area is 210 Å². The molecule has 1 aliphatic rings. The summed E-state index contributed by atoms with van der Waals surface area (Å²) in [5, 5.41) is 7.79. The van der Waals surface area contributed by atoms with Crippen molar-refractivity contribution in [3.63, 3.8) is 0 Å². The molecular formula is C35H25N. The molecule has 0 saturated carbocycles. The molecule has 0 saturated heterocycles. The van der Waals surface area contributed by atoms with Gasteiger partial charge >= 0.3 is 0 Å². The fourth-order valence-electron chi connectivity index (χ4n) is 6.72. The fourth-order valence-corrected chi connectivity index (χ4v) is 6.72. The van der Waals surface area contributed by atoms with Crippen LogP contribution >= 0.6 is 0 Å². The van der Waals surface area contributed by atoms with Crippen molar-refractivity contribution >= 4 is 43.4 Å². The molecule has 7 aromatic rings. The summed E-state index contributed by atoms with van der Waals surface area (Å²) in [7, 11) is 0. The minimum atomic E-state index is -0.0788. The van der Waals surface area contributed by atoms with Crippen molar-refractivity contribution < 1.29 is 0 Å². The van der Waals surface area contributed by atoms with Crippen LogP contribution in [-0.4, -0.2) is 4.57 Å². The van der Waals surface area contributed by atoms with E-state index >= 15 is 0 Å². The van der Waals surface area contributed by atoms with Crippen LogP contribution in [0, 0.1) is 0 Å². The molecule has 0 radical (unpaired) electrons. The fraction of sp³-hybridized carbons (Fsp3) is 0.0857. The Hall–Kier alpha value is -4.36. The molecule has 36 heavy (non-hydrogen) atoms. The molecule has 6 aromatic carbocycles. The van der Waals surface area contributed by atoms with Crippen molar-refractivity contribution in [2.24, 2.45) is 0 Å². The third-order valence-electron chi connectivity index (χ3n) is 8.34. The highest BCUT2D eigenvalue weighted by Gasteiger charge is 2.38. The SMILES string of the molecule is CC1(C)c2ccccc2-c2ccc3c4ccccc4n(-c4ccc5c(ccc6ccccc65)c4)c3c21. The second-order valence-corrected chi connectivity index (χ2v) is 10.6. The highest BCUT2D eigenvalue weighted by molar-refractivity contribution is 6.14. The summed E-state index contributed by atoms with van der Waals surface area (Å²) >= 11 is 0. The number of benzene rings is 6. The average Bonchev–Trinajstić information content (AvgIpc) is 3.37. The highest BCUT2D eigenvalue weighted by atomic mass is 15.0. The predicted molar refractivity (Wildman–Crippen MR) is 153 cm³/mol. The van der Waals surface area contributed by atoms with Crippen LogP contribution in [0.25, 0.3) is 60.2 Å². The smallest absolute Gasteiger partial charge is 0.0588 e. The molecule has 0 bridgehead atoms. The standard InChI is InChI=1S/C35H25N/c1-35(2)31-13-7-5-11-27(31)29-19-20-30-28-12-6-8-14-32(28)36(34(30)33(29)35)24-17-18-26-23(21-24)16-15-22-9-3-4-10-25(22)26/h3-21H,1-2H3. The number of aromatic nitrogens is 1. The third-order valence-corrected chi connectivity index (χ3v) is 8.34. The molecule has 0 aliphatic heterocycles. The molecule has 0 amide bonds. The first-order valence-corrected chi connectivity index (χ1v) is 12.7. The first-order valence-electron chi connectivity index (χ1n) is 12.7. The first kappa shape index (κ1) is 19.9. The number of rotatable bonds is 1. The maximum atomic E-state index is 2.51. The highest BCUT2D eigenvalue weighted by Crippen LogP contribution is 2.52. The van der Waals surface area contributed by atoms with E-state index in [0.29, 0.717) is 0 Å². The summed E-state index contributed by atoms with van der Waals surface area (Å²) in [6.07, 6.45) is 0. The van der Waals surface area contributed by atoms with Crippen molar-refractivity contribution in [2.75, 3.05) is 0 Å². The van der Waals surface area contributed by atoms with Crippen LogP contribution in [-0.2, 0) is 5.41 Å². The Morgan fingerprint density at radius 3 is 2.14 bits per heavy atom. The van der Waals surface area contributed by atoms with E-state index in [-0.39, 0.29) is 5.41 Å². The summed E-state index contributed by atoms with van der Waals surface area (Å²) < 4.78 is 2.51. The molecule has 1 nitrogen and oxygen atoms in total. The minimum absolute atomic E-state index is 0.0788. The topological polar surface area (TPSA) is 4.93 Å². The van der Waals surface area contributed by atoms with Crippen LogP contribution in [0.1, 0.15) is 25.0 Å². The molecule has 1 heterocycles. The maximum absolute atomic E-state index is 2.51. The van der Waals surface area contributed by atoms with Gasteiger partial charge in [-0.1, -0.05) is 111 Å². The lowest BCUT2D eigenvalue weighted by atomic mass is 9.81. The molecule has 1 aromatic heterocycles. The van der Waals surface area contributed by atoms with Gasteiger partial charge in [-0.2, -0.15) is 0 Å². The summed E-state index contributed by atoms with van der Waals surface area (Å²) in [4.78, 5) is 0. The summed E-state index contributed by atoms with van der Waals surface area (Å²) in [5.74, 6) is 0. The van der Waals surface area contributed by atoms with Crippen molar-refractivity contribution in [1.82, 2.24) is 4.57 Å². The molecular weight excluding hydrogens is 434 g/mol. The van der Waals surface area contributed by atoms with E-state index in [2.05, 4.69) is 134 Å². The van der Waals surface area contributed by atoms with Gasteiger partial charge in [-0.3, -0.25) is 0 Å². The Balaban J connectivity index is 1.51. The monoisotopic (exact) mass is 459 g/mol. The lowest BCUT2D eigenvalue weighted by molar-refractivity contribution is 0.664. The molecule has 0 fully saturated rings. The van der Waals surface area contributed by atoms with Crippen LogP contribution in [0.2, 0.25) is 0 Å². The van der Waals surface area contributed by atoms with Gasteiger partial charge in [0.25, 0.3) is 0 Å². The van der Waals surface area contributed by atoms with E-state index in [1.807, 2.05) is 0 Å². The van der Waals surface area contributed by atoms with E-state index in [1.54, 1.807) is 0 Å². The molecule has 170 valence electrons. The largest absolute Gasteiger partial charge is 0.309 e. The second kappa shape index (κ2) is 6.86. The van der Waals surface area contributed by atoms with E-state index in [9.17, 15) is 0 Å². The zero-order valence-electron chi connectivity index (χ0n) is 20.4. The summed E-state index contributed by atoms with van der Waals surface area (Å²) in [6.45, 7) is 4.76. The molecule has 1 aliphatic carbocycles. The van der Waals surface area contributed by atoms with Crippen molar-refractivity contribution in [3.05, 3.63) is 126 Å². The molecule has 0 unspecified atom stereocenters. The van der Waals surface area contributed by atoms with Crippen LogP contribution < -0.4 is 0 Å². The van der Waals surface area contributed by atoms with Gasteiger partial charge in [0.15, 0.2) is 0 Å². The third kappa shape index (κ3) is 2.45. The Bertz CT molecular complexity index is 2020. The minimum Gasteiger partial charge on any atom is -0.309 e. The Kier molecular flexibility index (Phi) is 3.79. The van der Waals surface area contributed by atoms with E-state index in [0.717, 1.165) is 0 Å². The van der Waals surface area contributed by atoms with Gasteiger partial charge in [0, 0.05) is 21.9 Å². The van der Waals surface area contributed by atoms with Crippen LogP contribution in [0.3, 0.4) is 0 Å². The summed E-state index contributed by atoms with van der Waals surface area (Å²) in [6, 6.07) is 42.6. The van der Waals surface area contributed by atoms with Crippen molar-refractivity contribution in [1.29, 1.82) is 0 Å². The molecule has 0 atom stereocenters. The second-order valence-electron chi connectivity index (χ2n) is 10.6. The van der Waals surface area contributed by atoms with E-state index < -0.39 is 0 Å². The Morgan fingerprint density at radius 2 is 1.22 bits per heavy atom. The van der Waals surface area contributed by atoms with Crippen molar-refractivity contribution in [2.45, 2.75) is 19.3 Å². The molecule has 0 spiro atoms. The number of nitrogens with zero attached hydrogens (tertiary/aromatic N) is 1. The van der Waals surface area contributed by atoms with Gasteiger partial charge in [0.2, 0.25) is 0 Å². The zero-order chi connectivity index (χ0) is 24.0. The Morgan fingerprint density at radius 1 is 0.528 bits per heavy atom. The number of fused-ring (bicyclic) bond motifs is 10. The normalized spacial score (nSPS) is 14.1. The van der Waals surface area contributed by atoms with Gasteiger partial charge in [0.1, 0.15) is 0 Å². The lowest BCUT2D eigenvalue weighted by Crippen LogP contribution is -2.16. The molecule has 1 heteroatoms. The quantitative estimate of drug-likeness (QED) is 0.215. The molecule has 0 N–H and O–H groups in total. The van der Waals surface area contributed by atoms with E-state index in [1.165, 1.54) is 71.3 Å². The number of hydrogen-bond donors (Lipinski definition) is 0. The predicted octanol–water partition coefficient (Wildman–Crippen LogP) is 9.40. The summed E-state index contributed by atoms with van der Waals surface area (Å²) in [5.41, 5.74) is 9.28. The number of hydrogen-bond acceptors (Lipinski definition) is 0. The average molecular weight is 460 g/mol. The lowest BCUT2D eigenvalue weighted by Gasteiger charge is -2.23. The van der Waals surface area contributed by atoms with Gasteiger partial charge in [-0.15, -0.1) is 0 Å². The van der Waals surface area contributed by atoms with Crippen LogP contribution in [0.4, 0.5) is 0 Å². The van der Waals surface area contributed by atoms with Gasteiger partial charge in [-0.25, -0.2) is 0 Å². The molecule has 8 rings (SSSR count). The van der Waals surface area contributed by atoms with Gasteiger partial charge < -0.3 is 4.57 Å². The van der Waals surface area contributed by atoms with E-state index in [4.69, 9.17) is 0 Å². The first-order chi connectivity index (χ1) is 17.6. The zero-order valence-corrected chi connectivity index (χ0v) is 20.4. The number of para-hydroxylation sites is 1. The van der Waals surface area contributed by atoms with Crippen LogP contribution in [0.5, 0.6) is 0 Å². The van der Waals surface area contributed by atoms with Gasteiger partial charge in [-0.05, 0) is 62.0 Å².